The SMILES string of the molecule is CC(=O)OCCCc1cccc2c1CCC2=O. The first-order valence-electron chi connectivity index (χ1n) is 5.96. The predicted octanol–water partition coefficient (Wildman–Crippen LogP) is 2.31. The fourth-order valence-electron chi connectivity index (χ4n) is 2.28. The van der Waals surface area contributed by atoms with Crippen molar-refractivity contribution in [2.24, 2.45) is 0 Å². The van der Waals surface area contributed by atoms with Crippen LogP contribution < -0.4 is 0 Å². The lowest BCUT2D eigenvalue weighted by Crippen LogP contribution is -2.03. The number of hydrogen-bond donors (Lipinski definition) is 0. The van der Waals surface area contributed by atoms with E-state index in [9.17, 15) is 9.59 Å². The molecule has 1 aliphatic carbocycles. The van der Waals surface area contributed by atoms with Crippen LogP contribution >= 0.6 is 0 Å². The highest BCUT2D eigenvalue weighted by Crippen LogP contribution is 2.26. The number of fused-ring (bicyclic) bond motifs is 1. The van der Waals surface area contributed by atoms with Gasteiger partial charge in [0.25, 0.3) is 0 Å². The lowest BCUT2D eigenvalue weighted by atomic mass is 10.00. The van der Waals surface area contributed by atoms with E-state index in [0.29, 0.717) is 13.0 Å². The third-order valence-corrected chi connectivity index (χ3v) is 3.07. The Balaban J connectivity index is 1.98. The summed E-state index contributed by atoms with van der Waals surface area (Å²) < 4.78 is 4.90. The van der Waals surface area contributed by atoms with Gasteiger partial charge in [-0.1, -0.05) is 18.2 Å². The van der Waals surface area contributed by atoms with Crippen molar-refractivity contribution in [1.29, 1.82) is 0 Å². The van der Waals surface area contributed by atoms with E-state index >= 15 is 0 Å². The zero-order chi connectivity index (χ0) is 12.3. The van der Waals surface area contributed by atoms with Crippen LogP contribution in [0.2, 0.25) is 0 Å². The van der Waals surface area contributed by atoms with Gasteiger partial charge in [-0.3, -0.25) is 9.59 Å². The lowest BCUT2D eigenvalue weighted by molar-refractivity contribution is -0.141. The van der Waals surface area contributed by atoms with Crippen LogP contribution in [0, 0.1) is 0 Å². The lowest BCUT2D eigenvalue weighted by Gasteiger charge is -2.07. The Hall–Kier alpha value is -1.64. The Morgan fingerprint density at radius 2 is 2.18 bits per heavy atom. The second-order valence-electron chi connectivity index (χ2n) is 4.31. The summed E-state index contributed by atoms with van der Waals surface area (Å²) in [5.41, 5.74) is 3.30. The highest BCUT2D eigenvalue weighted by atomic mass is 16.5. The normalized spacial score (nSPS) is 13.6. The number of Topliss-reactive ketones (excluding diaryl/α,β-unsaturated/α-hetero) is 1. The van der Waals surface area contributed by atoms with Gasteiger partial charge in [-0.2, -0.15) is 0 Å². The maximum Gasteiger partial charge on any atom is 0.302 e. The summed E-state index contributed by atoms with van der Waals surface area (Å²) in [5.74, 6) is 0.0142. The molecule has 0 fully saturated rings. The minimum atomic E-state index is -0.238. The van der Waals surface area contributed by atoms with Crippen molar-refractivity contribution in [3.63, 3.8) is 0 Å². The van der Waals surface area contributed by atoms with Gasteiger partial charge in [0.05, 0.1) is 6.61 Å². The molecule has 0 amide bonds. The van der Waals surface area contributed by atoms with E-state index in [1.165, 1.54) is 18.1 Å². The Kier molecular flexibility index (Phi) is 3.57. The van der Waals surface area contributed by atoms with Gasteiger partial charge >= 0.3 is 5.97 Å². The van der Waals surface area contributed by atoms with Crippen LogP contribution in [0.15, 0.2) is 18.2 Å². The van der Waals surface area contributed by atoms with Crippen molar-refractivity contribution in [3.8, 4) is 0 Å². The van der Waals surface area contributed by atoms with Crippen molar-refractivity contribution in [1.82, 2.24) is 0 Å². The molecule has 0 spiro atoms. The molecule has 0 aromatic heterocycles. The first kappa shape index (κ1) is 11.8. The van der Waals surface area contributed by atoms with Crippen LogP contribution in [0.4, 0.5) is 0 Å². The van der Waals surface area contributed by atoms with E-state index in [-0.39, 0.29) is 11.8 Å². The van der Waals surface area contributed by atoms with Crippen LogP contribution in [-0.4, -0.2) is 18.4 Å². The molecule has 1 aromatic carbocycles. The molecule has 1 aromatic rings. The third-order valence-electron chi connectivity index (χ3n) is 3.07. The largest absolute Gasteiger partial charge is 0.466 e. The van der Waals surface area contributed by atoms with Crippen LogP contribution in [0.3, 0.4) is 0 Å². The second-order valence-corrected chi connectivity index (χ2v) is 4.31. The average molecular weight is 232 g/mol. The first-order chi connectivity index (χ1) is 8.18. The molecule has 3 nitrogen and oxygen atoms in total. The van der Waals surface area contributed by atoms with Gasteiger partial charge in [0.15, 0.2) is 5.78 Å². The monoisotopic (exact) mass is 232 g/mol. The minimum Gasteiger partial charge on any atom is -0.466 e. The third kappa shape index (κ3) is 2.73. The molecule has 0 bridgehead atoms. The van der Waals surface area contributed by atoms with E-state index in [1.54, 1.807) is 0 Å². The summed E-state index contributed by atoms with van der Waals surface area (Å²) in [4.78, 5) is 22.2. The quantitative estimate of drug-likeness (QED) is 0.591. The standard InChI is InChI=1S/C14H16O3/c1-10(15)17-9-3-5-11-4-2-6-13-12(11)7-8-14(13)16/h2,4,6H,3,5,7-9H2,1H3. The van der Waals surface area contributed by atoms with Crippen LogP contribution in [0.25, 0.3) is 0 Å². The van der Waals surface area contributed by atoms with Gasteiger partial charge in [0, 0.05) is 18.9 Å². The molecule has 0 radical (unpaired) electrons. The maximum atomic E-state index is 11.6. The maximum absolute atomic E-state index is 11.6. The number of aryl methyl sites for hydroxylation is 1. The summed E-state index contributed by atoms with van der Waals surface area (Å²) in [7, 11) is 0. The van der Waals surface area contributed by atoms with E-state index < -0.39 is 0 Å². The first-order valence-corrected chi connectivity index (χ1v) is 5.96. The van der Waals surface area contributed by atoms with Crippen molar-refractivity contribution in [2.75, 3.05) is 6.61 Å². The second kappa shape index (κ2) is 5.13. The molecule has 0 heterocycles. The molecule has 0 unspecified atom stereocenters. The number of carbonyl (C=O) groups excluding carboxylic acids is 2. The van der Waals surface area contributed by atoms with E-state index in [0.717, 1.165) is 24.8 Å². The minimum absolute atomic E-state index is 0.238. The molecule has 0 saturated heterocycles. The van der Waals surface area contributed by atoms with E-state index in [4.69, 9.17) is 4.74 Å². The summed E-state index contributed by atoms with van der Waals surface area (Å²) in [6.45, 7) is 1.87. The molecule has 1 aliphatic rings. The molecule has 0 saturated carbocycles. The molecule has 3 heteroatoms. The van der Waals surface area contributed by atoms with Crippen molar-refractivity contribution >= 4 is 11.8 Å². The summed E-state index contributed by atoms with van der Waals surface area (Å²) >= 11 is 0. The molecule has 90 valence electrons. The fourth-order valence-corrected chi connectivity index (χ4v) is 2.28. The van der Waals surface area contributed by atoms with Gasteiger partial charge in [-0.05, 0) is 30.4 Å². The van der Waals surface area contributed by atoms with Crippen molar-refractivity contribution < 1.29 is 14.3 Å². The molecule has 0 N–H and O–H groups in total. The van der Waals surface area contributed by atoms with Gasteiger partial charge in [-0.25, -0.2) is 0 Å². The van der Waals surface area contributed by atoms with Gasteiger partial charge in [0.1, 0.15) is 0 Å². The summed E-state index contributed by atoms with van der Waals surface area (Å²) in [6, 6.07) is 5.90. The number of carbonyl (C=O) groups is 2. The molecular weight excluding hydrogens is 216 g/mol. The molecule has 0 atom stereocenters. The number of esters is 1. The average Bonchev–Trinajstić information content (AvgIpc) is 2.67. The van der Waals surface area contributed by atoms with Crippen molar-refractivity contribution in [3.05, 3.63) is 34.9 Å². The van der Waals surface area contributed by atoms with Gasteiger partial charge < -0.3 is 4.74 Å². The van der Waals surface area contributed by atoms with E-state index in [2.05, 4.69) is 6.07 Å². The smallest absolute Gasteiger partial charge is 0.302 e. The number of hydrogen-bond acceptors (Lipinski definition) is 3. The fraction of sp³-hybridized carbons (Fsp3) is 0.429. The van der Waals surface area contributed by atoms with E-state index in [1.807, 2.05) is 12.1 Å². The Bertz CT molecular complexity index is 449. The Morgan fingerprint density at radius 1 is 1.35 bits per heavy atom. The molecular formula is C14H16O3. The number of benzene rings is 1. The highest BCUT2D eigenvalue weighted by Gasteiger charge is 2.21. The number of rotatable bonds is 4. The Labute approximate surface area is 101 Å². The zero-order valence-electron chi connectivity index (χ0n) is 9.99. The van der Waals surface area contributed by atoms with Crippen LogP contribution in [0.5, 0.6) is 0 Å². The topological polar surface area (TPSA) is 43.4 Å². The van der Waals surface area contributed by atoms with Gasteiger partial charge in [0.2, 0.25) is 0 Å². The van der Waals surface area contributed by atoms with Crippen LogP contribution in [-0.2, 0) is 22.4 Å². The predicted molar refractivity (Wildman–Crippen MR) is 64.0 cm³/mol. The van der Waals surface area contributed by atoms with Crippen LogP contribution in [0.1, 0.15) is 41.3 Å². The zero-order valence-corrected chi connectivity index (χ0v) is 9.99. The summed E-state index contributed by atoms with van der Waals surface area (Å²) in [5, 5.41) is 0. The molecule has 2 rings (SSSR count). The number of ether oxygens (including phenoxy) is 1. The van der Waals surface area contributed by atoms with Gasteiger partial charge in [-0.15, -0.1) is 0 Å². The Morgan fingerprint density at radius 3 is 2.94 bits per heavy atom. The summed E-state index contributed by atoms with van der Waals surface area (Å²) in [6.07, 6.45) is 3.17. The highest BCUT2D eigenvalue weighted by molar-refractivity contribution is 6.00. The molecule has 0 aliphatic heterocycles. The number of ketones is 1. The molecule has 17 heavy (non-hydrogen) atoms. The van der Waals surface area contributed by atoms with Crippen molar-refractivity contribution in [2.45, 2.75) is 32.6 Å².